The van der Waals surface area contributed by atoms with E-state index in [1.165, 1.54) is 22.3 Å². The van der Waals surface area contributed by atoms with E-state index in [0.29, 0.717) is 6.04 Å². The first-order chi connectivity index (χ1) is 8.65. The van der Waals surface area contributed by atoms with E-state index in [9.17, 15) is 0 Å². The Morgan fingerprint density at radius 1 is 0.944 bits per heavy atom. The smallest absolute Gasteiger partial charge is 0.0295 e. The standard InChI is InChI=1S/C17H21N/c1-13-6-4-8-16(10-13)12-18-15(3)17-9-5-7-14(2)11-17/h4-11,15,18H,12H2,1-3H3/t15-/m0/s1. The largest absolute Gasteiger partial charge is 0.306 e. The van der Waals surface area contributed by atoms with Crippen LogP contribution < -0.4 is 5.32 Å². The first kappa shape index (κ1) is 12.8. The molecular weight excluding hydrogens is 218 g/mol. The zero-order valence-corrected chi connectivity index (χ0v) is 11.4. The maximum absolute atomic E-state index is 3.57. The van der Waals surface area contributed by atoms with Crippen LogP contribution in [0.3, 0.4) is 0 Å². The van der Waals surface area contributed by atoms with Gasteiger partial charge in [-0.15, -0.1) is 0 Å². The van der Waals surface area contributed by atoms with Gasteiger partial charge in [0.15, 0.2) is 0 Å². The molecule has 1 N–H and O–H groups in total. The lowest BCUT2D eigenvalue weighted by molar-refractivity contribution is 0.574. The second-order valence-electron chi connectivity index (χ2n) is 5.01. The molecule has 0 aliphatic rings. The lowest BCUT2D eigenvalue weighted by atomic mass is 10.1. The zero-order chi connectivity index (χ0) is 13.0. The molecule has 0 radical (unpaired) electrons. The molecule has 0 aliphatic carbocycles. The van der Waals surface area contributed by atoms with E-state index < -0.39 is 0 Å². The van der Waals surface area contributed by atoms with Crippen molar-refractivity contribution in [2.24, 2.45) is 0 Å². The fourth-order valence-corrected chi connectivity index (χ4v) is 2.15. The van der Waals surface area contributed by atoms with Gasteiger partial charge in [0.2, 0.25) is 0 Å². The molecule has 0 bridgehead atoms. The Kier molecular flexibility index (Phi) is 4.16. The minimum absolute atomic E-state index is 0.380. The summed E-state index contributed by atoms with van der Waals surface area (Å²) in [6, 6.07) is 17.7. The molecule has 0 aliphatic heterocycles. The highest BCUT2D eigenvalue weighted by Crippen LogP contribution is 2.14. The molecule has 0 heterocycles. The summed E-state index contributed by atoms with van der Waals surface area (Å²) in [5.41, 5.74) is 5.33. The van der Waals surface area contributed by atoms with Gasteiger partial charge >= 0.3 is 0 Å². The van der Waals surface area contributed by atoms with E-state index in [-0.39, 0.29) is 0 Å². The predicted octanol–water partition coefficient (Wildman–Crippen LogP) is 4.15. The van der Waals surface area contributed by atoms with Crippen molar-refractivity contribution < 1.29 is 0 Å². The summed E-state index contributed by atoms with van der Waals surface area (Å²) in [5.74, 6) is 0. The average molecular weight is 239 g/mol. The van der Waals surface area contributed by atoms with Crippen molar-refractivity contribution in [2.45, 2.75) is 33.4 Å². The molecule has 1 atom stereocenters. The van der Waals surface area contributed by atoms with Crippen LogP contribution in [0.25, 0.3) is 0 Å². The molecule has 0 saturated heterocycles. The van der Waals surface area contributed by atoms with Gasteiger partial charge in [0.1, 0.15) is 0 Å². The number of rotatable bonds is 4. The minimum atomic E-state index is 0.380. The maximum Gasteiger partial charge on any atom is 0.0295 e. The van der Waals surface area contributed by atoms with E-state index in [2.05, 4.69) is 74.6 Å². The average Bonchev–Trinajstić information content (AvgIpc) is 2.36. The van der Waals surface area contributed by atoms with Gasteiger partial charge < -0.3 is 5.32 Å². The molecule has 1 nitrogen and oxygen atoms in total. The first-order valence-electron chi connectivity index (χ1n) is 6.50. The van der Waals surface area contributed by atoms with Crippen LogP contribution in [0, 0.1) is 13.8 Å². The second-order valence-corrected chi connectivity index (χ2v) is 5.01. The highest BCUT2D eigenvalue weighted by Gasteiger charge is 2.04. The van der Waals surface area contributed by atoms with Gasteiger partial charge in [-0.1, -0.05) is 59.7 Å². The summed E-state index contributed by atoms with van der Waals surface area (Å²) in [6.07, 6.45) is 0. The highest BCUT2D eigenvalue weighted by molar-refractivity contribution is 5.25. The third-order valence-electron chi connectivity index (χ3n) is 3.24. The van der Waals surface area contributed by atoms with E-state index in [0.717, 1.165) is 6.54 Å². The lowest BCUT2D eigenvalue weighted by Gasteiger charge is -2.15. The Hall–Kier alpha value is -1.60. The Morgan fingerprint density at radius 3 is 2.28 bits per heavy atom. The van der Waals surface area contributed by atoms with Gasteiger partial charge in [0.25, 0.3) is 0 Å². The fourth-order valence-electron chi connectivity index (χ4n) is 2.15. The predicted molar refractivity (Wildman–Crippen MR) is 77.6 cm³/mol. The Balaban J connectivity index is 1.98. The molecule has 1 heteroatoms. The third kappa shape index (κ3) is 3.44. The van der Waals surface area contributed by atoms with Crippen molar-refractivity contribution in [3.05, 3.63) is 70.8 Å². The highest BCUT2D eigenvalue weighted by atomic mass is 14.9. The Morgan fingerprint density at radius 2 is 1.61 bits per heavy atom. The lowest BCUT2D eigenvalue weighted by Crippen LogP contribution is -2.18. The summed E-state index contributed by atoms with van der Waals surface area (Å²) in [4.78, 5) is 0. The molecule has 94 valence electrons. The van der Waals surface area contributed by atoms with Crippen molar-refractivity contribution in [3.63, 3.8) is 0 Å². The van der Waals surface area contributed by atoms with Crippen LogP contribution >= 0.6 is 0 Å². The second kappa shape index (κ2) is 5.83. The third-order valence-corrected chi connectivity index (χ3v) is 3.24. The van der Waals surface area contributed by atoms with Gasteiger partial charge in [-0.25, -0.2) is 0 Å². The normalized spacial score (nSPS) is 12.4. The summed E-state index contributed by atoms with van der Waals surface area (Å²) in [5, 5.41) is 3.57. The van der Waals surface area contributed by atoms with Crippen LogP contribution in [0.1, 0.15) is 35.2 Å². The van der Waals surface area contributed by atoms with Crippen molar-refractivity contribution in [1.82, 2.24) is 5.32 Å². The van der Waals surface area contributed by atoms with Gasteiger partial charge in [-0.05, 0) is 31.9 Å². The molecule has 2 rings (SSSR count). The number of aryl methyl sites for hydroxylation is 2. The minimum Gasteiger partial charge on any atom is -0.306 e. The maximum atomic E-state index is 3.57. The summed E-state index contributed by atoms with van der Waals surface area (Å²) >= 11 is 0. The molecule has 2 aromatic carbocycles. The van der Waals surface area contributed by atoms with E-state index >= 15 is 0 Å². The molecule has 0 amide bonds. The monoisotopic (exact) mass is 239 g/mol. The zero-order valence-electron chi connectivity index (χ0n) is 11.4. The quantitative estimate of drug-likeness (QED) is 0.845. The van der Waals surface area contributed by atoms with Crippen molar-refractivity contribution in [2.75, 3.05) is 0 Å². The number of benzene rings is 2. The molecule has 0 unspecified atom stereocenters. The van der Waals surface area contributed by atoms with E-state index in [1.54, 1.807) is 0 Å². The van der Waals surface area contributed by atoms with Gasteiger partial charge in [-0.3, -0.25) is 0 Å². The number of hydrogen-bond donors (Lipinski definition) is 1. The molecule has 0 saturated carbocycles. The molecule has 0 spiro atoms. The molecular formula is C17H21N. The van der Waals surface area contributed by atoms with Crippen LogP contribution in [0.2, 0.25) is 0 Å². The Bertz CT molecular complexity index is 517. The van der Waals surface area contributed by atoms with E-state index in [4.69, 9.17) is 0 Å². The van der Waals surface area contributed by atoms with Crippen molar-refractivity contribution >= 4 is 0 Å². The van der Waals surface area contributed by atoms with Crippen LogP contribution in [0.5, 0.6) is 0 Å². The topological polar surface area (TPSA) is 12.0 Å². The van der Waals surface area contributed by atoms with Crippen LogP contribution in [-0.2, 0) is 6.54 Å². The fraction of sp³-hybridized carbons (Fsp3) is 0.294. The molecule has 18 heavy (non-hydrogen) atoms. The number of hydrogen-bond acceptors (Lipinski definition) is 1. The summed E-state index contributed by atoms with van der Waals surface area (Å²) < 4.78 is 0. The van der Waals surface area contributed by atoms with Crippen LogP contribution in [-0.4, -0.2) is 0 Å². The summed E-state index contributed by atoms with van der Waals surface area (Å²) in [6.45, 7) is 7.39. The van der Waals surface area contributed by atoms with Crippen LogP contribution in [0.15, 0.2) is 48.5 Å². The SMILES string of the molecule is Cc1cccc(CN[C@@H](C)c2cccc(C)c2)c1. The van der Waals surface area contributed by atoms with Crippen molar-refractivity contribution in [3.8, 4) is 0 Å². The molecule has 0 fully saturated rings. The Labute approximate surface area is 110 Å². The van der Waals surface area contributed by atoms with Gasteiger partial charge in [0, 0.05) is 12.6 Å². The van der Waals surface area contributed by atoms with Crippen LogP contribution in [0.4, 0.5) is 0 Å². The van der Waals surface area contributed by atoms with E-state index in [1.807, 2.05) is 0 Å². The van der Waals surface area contributed by atoms with Gasteiger partial charge in [0.05, 0.1) is 0 Å². The summed E-state index contributed by atoms with van der Waals surface area (Å²) in [7, 11) is 0. The first-order valence-corrected chi connectivity index (χ1v) is 6.50. The van der Waals surface area contributed by atoms with Crippen molar-refractivity contribution in [1.29, 1.82) is 0 Å². The molecule has 2 aromatic rings. The molecule has 0 aromatic heterocycles. The number of nitrogens with one attached hydrogen (secondary N) is 1. The van der Waals surface area contributed by atoms with Gasteiger partial charge in [-0.2, -0.15) is 0 Å².